The molecule has 0 aliphatic carbocycles. The molecular formula is C16H28NP. The summed E-state index contributed by atoms with van der Waals surface area (Å²) in [6.07, 6.45) is 3.80. The summed E-state index contributed by atoms with van der Waals surface area (Å²) in [5, 5.41) is 4.24. The van der Waals surface area contributed by atoms with E-state index in [2.05, 4.69) is 69.8 Å². The lowest BCUT2D eigenvalue weighted by Gasteiger charge is -2.33. The van der Waals surface area contributed by atoms with E-state index in [9.17, 15) is 0 Å². The fourth-order valence-electron chi connectivity index (χ4n) is 1.83. The van der Waals surface area contributed by atoms with E-state index >= 15 is 0 Å². The molecule has 0 saturated heterocycles. The maximum atomic E-state index is 3.87. The van der Waals surface area contributed by atoms with Gasteiger partial charge in [0.15, 0.2) is 0 Å². The maximum Gasteiger partial charge on any atom is 0.0356 e. The second-order valence-corrected chi connectivity index (χ2v) is 8.68. The summed E-state index contributed by atoms with van der Waals surface area (Å²) in [6, 6.07) is 11.4. The number of hydrogen-bond donors (Lipinski definition) is 1. The van der Waals surface area contributed by atoms with Crippen molar-refractivity contribution < 1.29 is 0 Å². The van der Waals surface area contributed by atoms with Crippen LogP contribution < -0.4 is 5.09 Å². The van der Waals surface area contributed by atoms with Crippen LogP contribution in [-0.4, -0.2) is 11.8 Å². The fraction of sp³-hybridized carbons (Fsp3) is 0.625. The third-order valence-corrected chi connectivity index (χ3v) is 6.12. The van der Waals surface area contributed by atoms with Gasteiger partial charge >= 0.3 is 0 Å². The summed E-state index contributed by atoms with van der Waals surface area (Å²) in [5.41, 5.74) is 1.43. The molecule has 2 atom stereocenters. The van der Waals surface area contributed by atoms with E-state index in [0.717, 1.165) is 0 Å². The predicted octanol–water partition coefficient (Wildman–Crippen LogP) is 5.33. The van der Waals surface area contributed by atoms with Crippen LogP contribution in [0.5, 0.6) is 0 Å². The highest BCUT2D eigenvalue weighted by Gasteiger charge is 2.23. The van der Waals surface area contributed by atoms with E-state index in [1.165, 1.54) is 24.8 Å². The number of unbranched alkanes of at least 4 members (excludes halogenated alkanes) is 1. The van der Waals surface area contributed by atoms with Crippen molar-refractivity contribution in [3.8, 4) is 0 Å². The molecule has 102 valence electrons. The predicted molar refractivity (Wildman–Crippen MR) is 84.4 cm³/mol. The summed E-state index contributed by atoms with van der Waals surface area (Å²) in [7, 11) is -0.151. The Balaban J connectivity index is 2.73. The highest BCUT2D eigenvalue weighted by atomic mass is 31.1. The van der Waals surface area contributed by atoms with Crippen molar-refractivity contribution in [1.29, 1.82) is 0 Å². The topological polar surface area (TPSA) is 12.0 Å². The summed E-state index contributed by atoms with van der Waals surface area (Å²) in [6.45, 7) is 11.6. The quantitative estimate of drug-likeness (QED) is 0.685. The molecule has 1 aromatic carbocycles. The standard InChI is InChI=1S/C16H28NP/c1-6-7-13-15(14-11-9-8-10-12-14)17-18(5)16(2,3)4/h8-12,15,17H,6-7,13H2,1-5H3/t15-,18?/m0/s1. The Kier molecular flexibility index (Phi) is 6.32. The molecule has 0 aliphatic heterocycles. The Labute approximate surface area is 114 Å². The van der Waals surface area contributed by atoms with Gasteiger partial charge in [-0.05, 0) is 31.9 Å². The van der Waals surface area contributed by atoms with Crippen LogP contribution in [-0.2, 0) is 0 Å². The lowest BCUT2D eigenvalue weighted by Crippen LogP contribution is -2.25. The van der Waals surface area contributed by atoms with Crippen LogP contribution in [0.1, 0.15) is 58.6 Å². The smallest absolute Gasteiger partial charge is 0.0356 e. The van der Waals surface area contributed by atoms with Crippen LogP contribution in [0.2, 0.25) is 0 Å². The molecule has 0 aliphatic rings. The molecule has 0 fully saturated rings. The fourth-order valence-corrected chi connectivity index (χ4v) is 2.96. The molecule has 0 aromatic heterocycles. The minimum Gasteiger partial charge on any atom is -0.288 e. The molecular weight excluding hydrogens is 237 g/mol. The van der Waals surface area contributed by atoms with E-state index in [1.54, 1.807) is 0 Å². The molecule has 1 nitrogen and oxygen atoms in total. The van der Waals surface area contributed by atoms with Gasteiger partial charge in [-0.3, -0.25) is 5.09 Å². The van der Waals surface area contributed by atoms with Gasteiger partial charge in [-0.1, -0.05) is 70.9 Å². The number of hydrogen-bond acceptors (Lipinski definition) is 1. The van der Waals surface area contributed by atoms with Gasteiger partial charge in [-0.25, -0.2) is 0 Å². The van der Waals surface area contributed by atoms with Gasteiger partial charge in [0.2, 0.25) is 0 Å². The molecule has 0 heterocycles. The molecule has 1 rings (SSSR count). The van der Waals surface area contributed by atoms with Gasteiger partial charge < -0.3 is 0 Å². The van der Waals surface area contributed by atoms with Gasteiger partial charge in [0.25, 0.3) is 0 Å². The van der Waals surface area contributed by atoms with Gasteiger partial charge in [0.1, 0.15) is 0 Å². The molecule has 18 heavy (non-hydrogen) atoms. The molecule has 1 unspecified atom stereocenters. The number of rotatable bonds is 6. The molecule has 0 radical (unpaired) electrons. The number of benzene rings is 1. The van der Waals surface area contributed by atoms with E-state index < -0.39 is 0 Å². The van der Waals surface area contributed by atoms with Gasteiger partial charge in [-0.2, -0.15) is 0 Å². The van der Waals surface area contributed by atoms with Crippen molar-refractivity contribution in [3.63, 3.8) is 0 Å². The lowest BCUT2D eigenvalue weighted by molar-refractivity contribution is 0.563. The van der Waals surface area contributed by atoms with Crippen molar-refractivity contribution in [2.75, 3.05) is 6.66 Å². The van der Waals surface area contributed by atoms with Crippen molar-refractivity contribution in [2.45, 2.75) is 58.2 Å². The minimum absolute atomic E-state index is 0.151. The van der Waals surface area contributed by atoms with Gasteiger partial charge in [0.05, 0.1) is 0 Å². The minimum atomic E-state index is -0.151. The van der Waals surface area contributed by atoms with Crippen molar-refractivity contribution >= 4 is 8.07 Å². The Morgan fingerprint density at radius 1 is 1.17 bits per heavy atom. The molecule has 1 N–H and O–H groups in total. The van der Waals surface area contributed by atoms with Crippen molar-refractivity contribution in [2.24, 2.45) is 0 Å². The Hall–Kier alpha value is -0.390. The normalized spacial score (nSPS) is 15.4. The van der Waals surface area contributed by atoms with E-state index in [1.807, 2.05) is 0 Å². The van der Waals surface area contributed by atoms with Crippen molar-refractivity contribution in [3.05, 3.63) is 35.9 Å². The Morgan fingerprint density at radius 2 is 1.78 bits per heavy atom. The molecule has 0 amide bonds. The van der Waals surface area contributed by atoms with Crippen LogP contribution in [0.15, 0.2) is 30.3 Å². The third kappa shape index (κ3) is 5.08. The summed E-state index contributed by atoms with van der Waals surface area (Å²) in [4.78, 5) is 0. The first-order valence-corrected chi connectivity index (χ1v) is 8.79. The van der Waals surface area contributed by atoms with Crippen LogP contribution in [0.3, 0.4) is 0 Å². The van der Waals surface area contributed by atoms with E-state index in [-0.39, 0.29) is 8.07 Å². The first kappa shape index (κ1) is 15.7. The second-order valence-electron chi connectivity index (χ2n) is 5.96. The van der Waals surface area contributed by atoms with Crippen LogP contribution in [0.4, 0.5) is 0 Å². The molecule has 0 saturated carbocycles. The highest BCUT2D eigenvalue weighted by Crippen LogP contribution is 2.44. The Morgan fingerprint density at radius 3 is 2.28 bits per heavy atom. The van der Waals surface area contributed by atoms with Crippen LogP contribution in [0.25, 0.3) is 0 Å². The van der Waals surface area contributed by atoms with Crippen LogP contribution >= 0.6 is 8.07 Å². The first-order valence-electron chi connectivity index (χ1n) is 7.00. The molecule has 0 spiro atoms. The SMILES string of the molecule is CCCC[C@H](NP(C)C(C)(C)C)c1ccccc1. The summed E-state index contributed by atoms with van der Waals surface area (Å²) < 4.78 is 0. The zero-order valence-corrected chi connectivity index (χ0v) is 13.4. The zero-order valence-electron chi connectivity index (χ0n) is 12.5. The average molecular weight is 265 g/mol. The second kappa shape index (κ2) is 7.26. The maximum absolute atomic E-state index is 3.87. The van der Waals surface area contributed by atoms with Crippen molar-refractivity contribution in [1.82, 2.24) is 5.09 Å². The highest BCUT2D eigenvalue weighted by molar-refractivity contribution is 7.56. The average Bonchev–Trinajstić information content (AvgIpc) is 2.34. The lowest BCUT2D eigenvalue weighted by atomic mass is 10.0. The van der Waals surface area contributed by atoms with Crippen LogP contribution in [0, 0.1) is 0 Å². The summed E-state index contributed by atoms with van der Waals surface area (Å²) >= 11 is 0. The monoisotopic (exact) mass is 265 g/mol. The van der Waals surface area contributed by atoms with E-state index in [0.29, 0.717) is 11.2 Å². The molecule has 2 heteroatoms. The van der Waals surface area contributed by atoms with Gasteiger partial charge in [0, 0.05) is 6.04 Å². The largest absolute Gasteiger partial charge is 0.288 e. The third-order valence-electron chi connectivity index (χ3n) is 3.40. The first-order chi connectivity index (χ1) is 8.45. The zero-order chi connectivity index (χ0) is 13.6. The van der Waals surface area contributed by atoms with Gasteiger partial charge in [-0.15, -0.1) is 0 Å². The summed E-state index contributed by atoms with van der Waals surface area (Å²) in [5.74, 6) is 0. The Bertz CT molecular complexity index is 329. The molecule has 1 aromatic rings. The molecule has 0 bridgehead atoms. The van der Waals surface area contributed by atoms with E-state index in [4.69, 9.17) is 0 Å². The number of nitrogens with one attached hydrogen (secondary N) is 1.